The fraction of sp³-hybridized carbons (Fsp3) is 0. The fourth-order valence-corrected chi connectivity index (χ4v) is 2.87. The van der Waals surface area contributed by atoms with E-state index in [1.807, 2.05) is 41.8 Å². The first-order valence-electron chi connectivity index (χ1n) is 6.20. The van der Waals surface area contributed by atoms with Crippen molar-refractivity contribution in [3.8, 4) is 28.0 Å². The van der Waals surface area contributed by atoms with Gasteiger partial charge in [0, 0.05) is 5.56 Å². The second-order valence-electron chi connectivity index (χ2n) is 4.43. The molecule has 0 aliphatic carbocycles. The average Bonchev–Trinajstić information content (AvgIpc) is 3.24. The molecule has 0 atom stereocenters. The van der Waals surface area contributed by atoms with E-state index in [0.29, 0.717) is 5.69 Å². The Hall–Kier alpha value is -2.98. The molecule has 100 valence electrons. The summed E-state index contributed by atoms with van der Waals surface area (Å²) in [6.07, 6.45) is 0. The molecule has 3 heterocycles. The molecule has 0 aliphatic heterocycles. The van der Waals surface area contributed by atoms with E-state index in [1.165, 1.54) is 0 Å². The van der Waals surface area contributed by atoms with Crippen LogP contribution in [0.2, 0.25) is 0 Å². The van der Waals surface area contributed by atoms with Crippen LogP contribution in [-0.4, -0.2) is 25.4 Å². The van der Waals surface area contributed by atoms with Crippen molar-refractivity contribution >= 4 is 22.4 Å². The summed E-state index contributed by atoms with van der Waals surface area (Å²) in [5.74, 6) is 0.845. The molecular formula is C14H8N6S. The van der Waals surface area contributed by atoms with Crippen molar-refractivity contribution in [2.45, 2.75) is 0 Å². The zero-order valence-electron chi connectivity index (χ0n) is 10.7. The van der Waals surface area contributed by atoms with E-state index < -0.39 is 0 Å². The number of imidazole rings is 1. The molecule has 0 fully saturated rings. The SMILES string of the molecule is N#Cc1n[nH]nc1-c1ccc2nc(-c3cccs3)[nH]c2c1. The second-order valence-corrected chi connectivity index (χ2v) is 5.37. The maximum absolute atomic E-state index is 9.02. The lowest BCUT2D eigenvalue weighted by molar-refractivity contribution is 0.937. The van der Waals surface area contributed by atoms with Gasteiger partial charge in [0.1, 0.15) is 17.6 Å². The minimum Gasteiger partial charge on any atom is -0.337 e. The van der Waals surface area contributed by atoms with Crippen molar-refractivity contribution in [3.63, 3.8) is 0 Å². The molecule has 0 aliphatic rings. The van der Waals surface area contributed by atoms with E-state index in [0.717, 1.165) is 27.3 Å². The molecule has 0 spiro atoms. The Morgan fingerprint density at radius 1 is 1.19 bits per heavy atom. The van der Waals surface area contributed by atoms with Crippen molar-refractivity contribution in [3.05, 3.63) is 41.4 Å². The Bertz CT molecular complexity index is 957. The summed E-state index contributed by atoms with van der Waals surface area (Å²) in [6, 6.07) is 11.8. The van der Waals surface area contributed by atoms with Gasteiger partial charge in [-0.25, -0.2) is 4.98 Å². The van der Waals surface area contributed by atoms with Crippen molar-refractivity contribution in [1.82, 2.24) is 25.4 Å². The highest BCUT2D eigenvalue weighted by atomic mass is 32.1. The van der Waals surface area contributed by atoms with Crippen LogP contribution in [-0.2, 0) is 0 Å². The van der Waals surface area contributed by atoms with E-state index in [2.05, 4.69) is 25.4 Å². The summed E-state index contributed by atoms with van der Waals surface area (Å²) in [4.78, 5) is 8.95. The number of benzene rings is 1. The molecule has 0 amide bonds. The van der Waals surface area contributed by atoms with E-state index >= 15 is 0 Å². The van der Waals surface area contributed by atoms with Crippen LogP contribution < -0.4 is 0 Å². The third-order valence-corrected chi connectivity index (χ3v) is 4.04. The Morgan fingerprint density at radius 2 is 2.14 bits per heavy atom. The van der Waals surface area contributed by atoms with Gasteiger partial charge in [-0.05, 0) is 23.6 Å². The van der Waals surface area contributed by atoms with Crippen molar-refractivity contribution in [2.75, 3.05) is 0 Å². The number of aromatic amines is 2. The van der Waals surface area contributed by atoms with Crippen molar-refractivity contribution in [2.24, 2.45) is 0 Å². The molecule has 0 bridgehead atoms. The van der Waals surface area contributed by atoms with Crippen LogP contribution in [0.25, 0.3) is 33.0 Å². The first-order chi connectivity index (χ1) is 10.3. The standard InChI is InChI=1S/C14H8N6S/c15-7-11-13(19-20-18-11)8-3-4-9-10(6-8)17-14(16-9)12-2-1-5-21-12/h1-6H,(H,16,17)(H,18,19,20). The van der Waals surface area contributed by atoms with Crippen LogP contribution in [0.15, 0.2) is 35.7 Å². The van der Waals surface area contributed by atoms with E-state index in [-0.39, 0.29) is 5.69 Å². The lowest BCUT2D eigenvalue weighted by Gasteiger charge is -1.95. The van der Waals surface area contributed by atoms with E-state index in [1.54, 1.807) is 11.3 Å². The van der Waals surface area contributed by atoms with Crippen molar-refractivity contribution < 1.29 is 0 Å². The van der Waals surface area contributed by atoms with Gasteiger partial charge in [-0.15, -0.1) is 16.4 Å². The number of nitrogens with one attached hydrogen (secondary N) is 2. The maximum Gasteiger partial charge on any atom is 0.190 e. The molecular weight excluding hydrogens is 284 g/mol. The molecule has 4 rings (SSSR count). The van der Waals surface area contributed by atoms with E-state index in [4.69, 9.17) is 5.26 Å². The minimum absolute atomic E-state index is 0.285. The summed E-state index contributed by atoms with van der Waals surface area (Å²) < 4.78 is 0. The van der Waals surface area contributed by atoms with Crippen molar-refractivity contribution in [1.29, 1.82) is 5.26 Å². The normalized spacial score (nSPS) is 10.8. The molecule has 7 heteroatoms. The predicted molar refractivity (Wildman–Crippen MR) is 79.5 cm³/mol. The molecule has 1 aromatic carbocycles. The number of thiophene rings is 1. The third kappa shape index (κ3) is 1.89. The van der Waals surface area contributed by atoms with Gasteiger partial charge in [0.05, 0.1) is 15.9 Å². The number of nitriles is 1. The van der Waals surface area contributed by atoms with Gasteiger partial charge in [0.25, 0.3) is 0 Å². The molecule has 6 nitrogen and oxygen atoms in total. The number of rotatable bonds is 2. The Kier molecular flexibility index (Phi) is 2.55. The first-order valence-corrected chi connectivity index (χ1v) is 7.08. The first kappa shape index (κ1) is 11.8. The summed E-state index contributed by atoms with van der Waals surface area (Å²) in [5, 5.41) is 21.4. The smallest absolute Gasteiger partial charge is 0.190 e. The number of hydrogen-bond acceptors (Lipinski definition) is 5. The van der Waals surface area contributed by atoms with Gasteiger partial charge in [0.15, 0.2) is 5.69 Å². The summed E-state index contributed by atoms with van der Waals surface area (Å²) in [7, 11) is 0. The quantitative estimate of drug-likeness (QED) is 0.594. The number of nitrogens with zero attached hydrogens (tertiary/aromatic N) is 4. The topological polar surface area (TPSA) is 94.0 Å². The zero-order chi connectivity index (χ0) is 14.2. The summed E-state index contributed by atoms with van der Waals surface area (Å²) >= 11 is 1.64. The van der Waals surface area contributed by atoms with Gasteiger partial charge < -0.3 is 4.98 Å². The fourth-order valence-electron chi connectivity index (χ4n) is 2.20. The Balaban J connectivity index is 1.86. The second kappa shape index (κ2) is 4.54. The molecule has 0 unspecified atom stereocenters. The van der Waals surface area contributed by atoms with E-state index in [9.17, 15) is 0 Å². The monoisotopic (exact) mass is 292 g/mol. The summed E-state index contributed by atoms with van der Waals surface area (Å²) in [6.45, 7) is 0. The average molecular weight is 292 g/mol. The molecule has 4 aromatic rings. The van der Waals surface area contributed by atoms with Crippen LogP contribution in [0.5, 0.6) is 0 Å². The highest BCUT2D eigenvalue weighted by Crippen LogP contribution is 2.27. The number of hydrogen-bond donors (Lipinski definition) is 2. The van der Waals surface area contributed by atoms with Gasteiger partial charge in [-0.2, -0.15) is 15.6 Å². The largest absolute Gasteiger partial charge is 0.337 e. The number of fused-ring (bicyclic) bond motifs is 1. The van der Waals surface area contributed by atoms with Gasteiger partial charge in [-0.1, -0.05) is 12.1 Å². The molecule has 0 saturated heterocycles. The van der Waals surface area contributed by atoms with Crippen LogP contribution in [0.3, 0.4) is 0 Å². The minimum atomic E-state index is 0.285. The Labute approximate surface area is 123 Å². The van der Waals surface area contributed by atoms with Gasteiger partial charge in [0.2, 0.25) is 0 Å². The molecule has 0 saturated carbocycles. The van der Waals surface area contributed by atoms with Crippen LogP contribution in [0, 0.1) is 11.3 Å². The predicted octanol–water partition coefficient (Wildman–Crippen LogP) is 2.95. The number of H-pyrrole nitrogens is 2. The zero-order valence-corrected chi connectivity index (χ0v) is 11.5. The van der Waals surface area contributed by atoms with Crippen LogP contribution >= 0.6 is 11.3 Å². The highest BCUT2D eigenvalue weighted by molar-refractivity contribution is 7.13. The number of aromatic nitrogens is 5. The Morgan fingerprint density at radius 3 is 2.95 bits per heavy atom. The molecule has 3 aromatic heterocycles. The third-order valence-electron chi connectivity index (χ3n) is 3.16. The van der Waals surface area contributed by atoms with Gasteiger partial charge >= 0.3 is 0 Å². The molecule has 2 N–H and O–H groups in total. The molecule has 0 radical (unpaired) electrons. The molecule has 21 heavy (non-hydrogen) atoms. The maximum atomic E-state index is 9.02. The lowest BCUT2D eigenvalue weighted by atomic mass is 10.1. The lowest BCUT2D eigenvalue weighted by Crippen LogP contribution is -1.82. The van der Waals surface area contributed by atoms with Crippen LogP contribution in [0.4, 0.5) is 0 Å². The highest BCUT2D eigenvalue weighted by Gasteiger charge is 2.12. The van der Waals surface area contributed by atoms with Gasteiger partial charge in [-0.3, -0.25) is 0 Å². The summed E-state index contributed by atoms with van der Waals surface area (Å²) in [5.41, 5.74) is 3.44. The van der Waals surface area contributed by atoms with Crippen LogP contribution in [0.1, 0.15) is 5.69 Å².